The minimum Gasteiger partial charge on any atom is -0.351 e. The molecule has 1 amide bonds. The number of amides is 1. The molecule has 6 heteroatoms. The van der Waals surface area contributed by atoms with Crippen LogP contribution in [0.4, 0.5) is 8.78 Å². The van der Waals surface area contributed by atoms with Crippen LogP contribution >= 0.6 is 0 Å². The fourth-order valence-electron chi connectivity index (χ4n) is 4.74. The summed E-state index contributed by atoms with van der Waals surface area (Å²) in [5.74, 6) is -2.54. The normalized spacial score (nSPS) is 15.8. The number of rotatable bonds is 8. The summed E-state index contributed by atoms with van der Waals surface area (Å²) < 4.78 is 29.8. The van der Waals surface area contributed by atoms with Crippen molar-refractivity contribution < 1.29 is 13.6 Å². The number of nitrogens with zero attached hydrogens (tertiary/aromatic N) is 2. The number of carbonyl (C=O) groups is 1. The number of halogens is 2. The average Bonchev–Trinajstić information content (AvgIpc) is 3.27. The zero-order valence-electron chi connectivity index (χ0n) is 19.5. The summed E-state index contributed by atoms with van der Waals surface area (Å²) in [5.41, 5.74) is 2.59. The molecule has 4 rings (SSSR count). The quantitative estimate of drug-likeness (QED) is 0.475. The van der Waals surface area contributed by atoms with Gasteiger partial charge in [-0.15, -0.1) is 0 Å². The van der Waals surface area contributed by atoms with Crippen molar-refractivity contribution in [2.24, 2.45) is 5.92 Å². The Hall–Kier alpha value is -2.73. The number of hydrogen-bond donors (Lipinski definition) is 1. The van der Waals surface area contributed by atoms with Crippen LogP contribution in [0.15, 0.2) is 54.6 Å². The minimum absolute atomic E-state index is 0.00142. The van der Waals surface area contributed by atoms with Gasteiger partial charge in [0.15, 0.2) is 0 Å². The summed E-state index contributed by atoms with van der Waals surface area (Å²) >= 11 is 0. The number of carbonyl (C=O) groups excluding carboxylic acids is 1. The van der Waals surface area contributed by atoms with Crippen molar-refractivity contribution in [1.29, 1.82) is 0 Å². The molecule has 0 radical (unpaired) electrons. The van der Waals surface area contributed by atoms with Gasteiger partial charge < -0.3 is 9.88 Å². The maximum atomic E-state index is 14.9. The smallest absolute Gasteiger partial charge is 0.285 e. The van der Waals surface area contributed by atoms with Crippen molar-refractivity contribution in [3.63, 3.8) is 0 Å². The molecular weight excluding hydrogens is 420 g/mol. The number of aromatic nitrogens is 1. The summed E-state index contributed by atoms with van der Waals surface area (Å²) in [6, 6.07) is 16.5. The Balaban J connectivity index is 1.32. The monoisotopic (exact) mass is 453 g/mol. The number of aryl methyl sites for hydroxylation is 1. The van der Waals surface area contributed by atoms with E-state index in [4.69, 9.17) is 0 Å². The van der Waals surface area contributed by atoms with E-state index in [0.717, 1.165) is 35.7 Å². The van der Waals surface area contributed by atoms with Crippen molar-refractivity contribution in [3.8, 4) is 0 Å². The van der Waals surface area contributed by atoms with E-state index < -0.39 is 5.92 Å². The number of nitrogens with one attached hydrogen (secondary N) is 1. The van der Waals surface area contributed by atoms with Crippen LogP contribution in [0.5, 0.6) is 0 Å². The van der Waals surface area contributed by atoms with Gasteiger partial charge in [-0.3, -0.25) is 9.69 Å². The van der Waals surface area contributed by atoms with Crippen LogP contribution < -0.4 is 0 Å². The van der Waals surface area contributed by atoms with Gasteiger partial charge in [-0.2, -0.15) is 8.78 Å². The molecular formula is C27H33F2N3O. The number of benzene rings is 2. The third-order valence-electron chi connectivity index (χ3n) is 6.79. The second-order valence-corrected chi connectivity index (χ2v) is 9.09. The van der Waals surface area contributed by atoms with Crippen LogP contribution in [0, 0.1) is 5.92 Å². The minimum atomic E-state index is -2.86. The summed E-state index contributed by atoms with van der Waals surface area (Å²) in [5, 5.41) is 1.02. The van der Waals surface area contributed by atoms with Gasteiger partial charge in [0.25, 0.3) is 11.8 Å². The largest absolute Gasteiger partial charge is 0.351 e. The highest BCUT2D eigenvalue weighted by Gasteiger charge is 2.35. The van der Waals surface area contributed by atoms with Gasteiger partial charge >= 0.3 is 0 Å². The Labute approximate surface area is 194 Å². The summed E-state index contributed by atoms with van der Waals surface area (Å²) in [6.07, 6.45) is 2.39. The molecule has 4 nitrogen and oxygen atoms in total. The van der Waals surface area contributed by atoms with Gasteiger partial charge in [-0.25, -0.2) is 0 Å². The zero-order chi connectivity index (χ0) is 23.4. The second kappa shape index (κ2) is 10.0. The van der Waals surface area contributed by atoms with Crippen LogP contribution in [-0.2, 0) is 12.3 Å². The fourth-order valence-corrected chi connectivity index (χ4v) is 4.74. The third kappa shape index (κ3) is 5.44. The van der Waals surface area contributed by atoms with E-state index in [9.17, 15) is 13.6 Å². The van der Waals surface area contributed by atoms with Crippen LogP contribution in [0.2, 0.25) is 0 Å². The lowest BCUT2D eigenvalue weighted by molar-refractivity contribution is -0.0452. The first-order valence-corrected chi connectivity index (χ1v) is 12.0. The third-order valence-corrected chi connectivity index (χ3v) is 6.79. The SMILES string of the molecule is CCc1cccc(C(F)(F)CN2CCC(CN(CC)C(=O)c3cc4ccccc4[nH]3)CC2)c1. The molecule has 1 aliphatic heterocycles. The van der Waals surface area contributed by atoms with Crippen LogP contribution in [0.25, 0.3) is 10.9 Å². The Morgan fingerprint density at radius 2 is 1.85 bits per heavy atom. The van der Waals surface area contributed by atoms with Crippen LogP contribution in [0.1, 0.15) is 48.3 Å². The Morgan fingerprint density at radius 3 is 2.55 bits per heavy atom. The van der Waals surface area contributed by atoms with E-state index in [1.165, 1.54) is 6.07 Å². The van der Waals surface area contributed by atoms with Crippen LogP contribution in [0.3, 0.4) is 0 Å². The molecule has 176 valence electrons. The summed E-state index contributed by atoms with van der Waals surface area (Å²) in [7, 11) is 0. The summed E-state index contributed by atoms with van der Waals surface area (Å²) in [6.45, 7) is 6.26. The molecule has 1 aromatic heterocycles. The molecule has 0 bridgehead atoms. The maximum absolute atomic E-state index is 14.9. The van der Waals surface area contributed by atoms with Gasteiger partial charge in [0, 0.05) is 29.6 Å². The molecule has 1 N–H and O–H groups in total. The number of alkyl halides is 2. The number of likely N-dealkylation sites (tertiary alicyclic amines) is 1. The van der Waals surface area contributed by atoms with Gasteiger partial charge in [0.2, 0.25) is 0 Å². The van der Waals surface area contributed by atoms with Crippen molar-refractivity contribution in [2.45, 2.75) is 39.0 Å². The van der Waals surface area contributed by atoms with Gasteiger partial charge in [0.1, 0.15) is 5.69 Å². The first-order valence-electron chi connectivity index (χ1n) is 12.0. The topological polar surface area (TPSA) is 39.3 Å². The van der Waals surface area contributed by atoms with Crippen molar-refractivity contribution in [3.05, 3.63) is 71.4 Å². The molecule has 0 saturated carbocycles. The molecule has 2 heterocycles. The van der Waals surface area contributed by atoms with Crippen molar-refractivity contribution >= 4 is 16.8 Å². The Kier molecular flexibility index (Phi) is 7.13. The average molecular weight is 454 g/mol. The van der Waals surface area contributed by atoms with Crippen molar-refractivity contribution in [2.75, 3.05) is 32.7 Å². The lowest BCUT2D eigenvalue weighted by atomic mass is 9.95. The van der Waals surface area contributed by atoms with E-state index >= 15 is 0 Å². The molecule has 0 unspecified atom stereocenters. The van der Waals surface area contributed by atoms with Gasteiger partial charge in [0.05, 0.1) is 6.54 Å². The first-order chi connectivity index (χ1) is 15.9. The highest BCUT2D eigenvalue weighted by molar-refractivity contribution is 5.98. The number of hydrogen-bond acceptors (Lipinski definition) is 2. The molecule has 1 saturated heterocycles. The lowest BCUT2D eigenvalue weighted by Crippen LogP contribution is -2.44. The predicted octanol–water partition coefficient (Wildman–Crippen LogP) is 5.70. The van der Waals surface area contributed by atoms with E-state index in [2.05, 4.69) is 4.98 Å². The van der Waals surface area contributed by atoms with E-state index in [0.29, 0.717) is 37.8 Å². The van der Waals surface area contributed by atoms with E-state index in [1.807, 2.05) is 60.0 Å². The van der Waals surface area contributed by atoms with Gasteiger partial charge in [-0.05, 0) is 69.0 Å². The standard InChI is InChI=1S/C27H33F2N3O/c1-3-20-8-7-10-23(16-20)27(28,29)19-31-14-12-21(13-15-31)18-32(4-2)26(33)25-17-22-9-5-6-11-24(22)30-25/h5-11,16-17,21,30H,3-4,12-15,18-19H2,1-2H3. The van der Waals surface area contributed by atoms with Crippen LogP contribution in [-0.4, -0.2) is 53.4 Å². The highest BCUT2D eigenvalue weighted by atomic mass is 19.3. The first kappa shape index (κ1) is 23.4. The van der Waals surface area contributed by atoms with Gasteiger partial charge in [-0.1, -0.05) is 43.3 Å². The molecule has 2 aromatic carbocycles. The number of para-hydroxylation sites is 1. The van der Waals surface area contributed by atoms with E-state index in [-0.39, 0.29) is 18.0 Å². The number of aromatic amines is 1. The second-order valence-electron chi connectivity index (χ2n) is 9.09. The number of fused-ring (bicyclic) bond motifs is 1. The molecule has 3 aromatic rings. The molecule has 33 heavy (non-hydrogen) atoms. The Morgan fingerprint density at radius 1 is 1.09 bits per heavy atom. The fraction of sp³-hybridized carbons (Fsp3) is 0.444. The molecule has 1 fully saturated rings. The molecule has 1 aliphatic rings. The number of H-pyrrole nitrogens is 1. The predicted molar refractivity (Wildman–Crippen MR) is 129 cm³/mol. The number of piperidine rings is 1. The summed E-state index contributed by atoms with van der Waals surface area (Å²) in [4.78, 5) is 20.0. The van der Waals surface area contributed by atoms with Crippen molar-refractivity contribution in [1.82, 2.24) is 14.8 Å². The maximum Gasteiger partial charge on any atom is 0.285 e. The zero-order valence-corrected chi connectivity index (χ0v) is 19.5. The highest BCUT2D eigenvalue weighted by Crippen LogP contribution is 2.31. The van der Waals surface area contributed by atoms with E-state index in [1.54, 1.807) is 12.1 Å². The molecule has 0 atom stereocenters. The molecule has 0 aliphatic carbocycles. The Bertz CT molecular complexity index is 1050. The molecule has 0 spiro atoms. The lowest BCUT2D eigenvalue weighted by Gasteiger charge is -2.36.